The lowest BCUT2D eigenvalue weighted by Crippen LogP contribution is -1.99. The highest BCUT2D eigenvalue weighted by atomic mass is 16.5. The van der Waals surface area contributed by atoms with Crippen molar-refractivity contribution in [2.24, 2.45) is 4.99 Å². The molecule has 0 radical (unpaired) electrons. The Hall–Kier alpha value is -2.42. The van der Waals surface area contributed by atoms with Gasteiger partial charge in [-0.2, -0.15) is 0 Å². The highest BCUT2D eigenvalue weighted by Crippen LogP contribution is 2.23. The van der Waals surface area contributed by atoms with Crippen LogP contribution >= 0.6 is 0 Å². The third kappa shape index (κ3) is 1.80. The average molecular weight is 237 g/mol. The first-order chi connectivity index (χ1) is 8.74. The van der Waals surface area contributed by atoms with Crippen molar-refractivity contribution in [2.45, 2.75) is 6.92 Å². The van der Waals surface area contributed by atoms with Gasteiger partial charge in [0, 0.05) is 0 Å². The number of nitrogens with zero attached hydrogens (tertiary/aromatic N) is 1. The lowest BCUT2D eigenvalue weighted by molar-refractivity contribution is 0.0737. The van der Waals surface area contributed by atoms with Crippen LogP contribution in [-0.2, 0) is 4.74 Å². The van der Waals surface area contributed by atoms with Crippen molar-refractivity contribution >= 4 is 17.6 Å². The summed E-state index contributed by atoms with van der Waals surface area (Å²) in [5.74, 6) is 0.0400. The van der Waals surface area contributed by atoms with E-state index in [1.54, 1.807) is 6.07 Å². The van der Waals surface area contributed by atoms with Gasteiger partial charge in [-0.25, -0.2) is 9.79 Å². The first-order valence-corrected chi connectivity index (χ1v) is 5.71. The molecule has 0 saturated heterocycles. The van der Waals surface area contributed by atoms with Gasteiger partial charge >= 0.3 is 5.97 Å². The minimum Gasteiger partial charge on any atom is -0.403 e. The molecule has 2 aromatic carbocycles. The second-order valence-corrected chi connectivity index (χ2v) is 4.19. The fourth-order valence-corrected chi connectivity index (χ4v) is 1.94. The summed E-state index contributed by atoms with van der Waals surface area (Å²) in [4.78, 5) is 16.0. The van der Waals surface area contributed by atoms with Crippen LogP contribution in [0.3, 0.4) is 0 Å². The highest BCUT2D eigenvalue weighted by Gasteiger charge is 2.27. The normalized spacial score (nSPS) is 15.6. The van der Waals surface area contributed by atoms with Crippen molar-refractivity contribution in [1.29, 1.82) is 0 Å². The Kier molecular flexibility index (Phi) is 2.45. The molecule has 1 aliphatic heterocycles. The highest BCUT2D eigenvalue weighted by molar-refractivity contribution is 6.17. The largest absolute Gasteiger partial charge is 0.403 e. The molecule has 0 aliphatic carbocycles. The SMILES string of the molecule is Cc1cccc(N=C2OC(=O)c3ccccc32)c1. The average Bonchev–Trinajstić information content (AvgIpc) is 2.67. The zero-order valence-electron chi connectivity index (χ0n) is 9.88. The Labute approximate surface area is 105 Å². The van der Waals surface area contributed by atoms with Crippen LogP contribution in [-0.4, -0.2) is 11.9 Å². The lowest BCUT2D eigenvalue weighted by atomic mass is 10.1. The van der Waals surface area contributed by atoms with E-state index in [0.717, 1.165) is 16.8 Å². The van der Waals surface area contributed by atoms with Crippen LogP contribution in [0.4, 0.5) is 5.69 Å². The number of aryl methyl sites for hydroxylation is 1. The van der Waals surface area contributed by atoms with E-state index >= 15 is 0 Å². The van der Waals surface area contributed by atoms with Crippen molar-refractivity contribution in [3.8, 4) is 0 Å². The number of fused-ring (bicyclic) bond motifs is 1. The van der Waals surface area contributed by atoms with Gasteiger partial charge in [0.2, 0.25) is 5.90 Å². The maximum atomic E-state index is 11.6. The van der Waals surface area contributed by atoms with Gasteiger partial charge in [-0.05, 0) is 36.8 Å². The van der Waals surface area contributed by atoms with Crippen LogP contribution in [0.2, 0.25) is 0 Å². The van der Waals surface area contributed by atoms with E-state index in [4.69, 9.17) is 4.74 Å². The van der Waals surface area contributed by atoms with E-state index in [1.807, 2.05) is 49.4 Å². The fourth-order valence-electron chi connectivity index (χ4n) is 1.94. The topological polar surface area (TPSA) is 38.7 Å². The zero-order valence-corrected chi connectivity index (χ0v) is 9.88. The summed E-state index contributed by atoms with van der Waals surface area (Å²) in [5.41, 5.74) is 3.23. The fraction of sp³-hybridized carbons (Fsp3) is 0.0667. The number of carbonyl (C=O) groups is 1. The molecule has 3 nitrogen and oxygen atoms in total. The maximum Gasteiger partial charge on any atom is 0.345 e. The second-order valence-electron chi connectivity index (χ2n) is 4.19. The van der Waals surface area contributed by atoms with Gasteiger partial charge < -0.3 is 4.74 Å². The molecular formula is C15H11NO2. The summed E-state index contributed by atoms with van der Waals surface area (Å²) >= 11 is 0. The number of cyclic esters (lactones) is 1. The monoisotopic (exact) mass is 237 g/mol. The molecule has 0 aromatic heterocycles. The van der Waals surface area contributed by atoms with Gasteiger partial charge in [-0.3, -0.25) is 0 Å². The third-order valence-electron chi connectivity index (χ3n) is 2.80. The van der Waals surface area contributed by atoms with E-state index < -0.39 is 0 Å². The molecule has 0 bridgehead atoms. The predicted octanol–water partition coefficient (Wildman–Crippen LogP) is 3.24. The van der Waals surface area contributed by atoms with Crippen LogP contribution in [0.25, 0.3) is 0 Å². The molecule has 0 amide bonds. The molecule has 0 saturated carbocycles. The minimum atomic E-state index is -0.336. The molecule has 0 N–H and O–H groups in total. The number of carbonyl (C=O) groups excluding carboxylic acids is 1. The molecule has 88 valence electrons. The van der Waals surface area contributed by atoms with Gasteiger partial charge in [0.05, 0.1) is 16.8 Å². The minimum absolute atomic E-state index is 0.336. The molecule has 1 heterocycles. The van der Waals surface area contributed by atoms with Gasteiger partial charge in [0.15, 0.2) is 0 Å². The first-order valence-electron chi connectivity index (χ1n) is 5.71. The van der Waals surface area contributed by atoms with Gasteiger partial charge in [-0.15, -0.1) is 0 Å². The van der Waals surface area contributed by atoms with E-state index in [2.05, 4.69) is 4.99 Å². The Bertz CT molecular complexity index is 659. The number of ether oxygens (including phenoxy) is 1. The number of rotatable bonds is 1. The number of esters is 1. The number of aliphatic imine (C=N–C) groups is 1. The van der Waals surface area contributed by atoms with Crippen LogP contribution < -0.4 is 0 Å². The Morgan fingerprint density at radius 1 is 1.00 bits per heavy atom. The van der Waals surface area contributed by atoms with Crippen molar-refractivity contribution in [3.63, 3.8) is 0 Å². The summed E-state index contributed by atoms with van der Waals surface area (Å²) in [6, 6.07) is 15.0. The van der Waals surface area contributed by atoms with Crippen molar-refractivity contribution in [3.05, 3.63) is 65.2 Å². The summed E-state index contributed by atoms with van der Waals surface area (Å²) in [5, 5.41) is 0. The molecule has 3 heteroatoms. The number of benzene rings is 2. The summed E-state index contributed by atoms with van der Waals surface area (Å²) in [7, 11) is 0. The number of hydrogen-bond acceptors (Lipinski definition) is 3. The first kappa shape index (κ1) is 10.7. The molecule has 0 atom stereocenters. The van der Waals surface area contributed by atoms with Gasteiger partial charge in [-0.1, -0.05) is 24.3 Å². The molecule has 0 spiro atoms. The smallest absolute Gasteiger partial charge is 0.345 e. The van der Waals surface area contributed by atoms with Crippen molar-refractivity contribution in [1.82, 2.24) is 0 Å². The summed E-state index contributed by atoms with van der Waals surface area (Å²) in [6.07, 6.45) is 0. The second kappa shape index (κ2) is 4.11. The van der Waals surface area contributed by atoms with Crippen LogP contribution in [0.5, 0.6) is 0 Å². The van der Waals surface area contributed by atoms with Crippen molar-refractivity contribution < 1.29 is 9.53 Å². The molecule has 0 unspecified atom stereocenters. The standard InChI is InChI=1S/C15H11NO2/c1-10-5-4-6-11(9-10)16-14-12-7-2-3-8-13(12)15(17)18-14/h2-9H,1H3. The van der Waals surface area contributed by atoms with Gasteiger partial charge in [0.25, 0.3) is 0 Å². The summed E-state index contributed by atoms with van der Waals surface area (Å²) in [6.45, 7) is 2.00. The van der Waals surface area contributed by atoms with E-state index in [1.165, 1.54) is 0 Å². The van der Waals surface area contributed by atoms with E-state index in [0.29, 0.717) is 11.5 Å². The lowest BCUT2D eigenvalue weighted by Gasteiger charge is -1.99. The van der Waals surface area contributed by atoms with Crippen molar-refractivity contribution in [2.75, 3.05) is 0 Å². The molecule has 1 aliphatic rings. The number of hydrogen-bond donors (Lipinski definition) is 0. The maximum absolute atomic E-state index is 11.6. The molecule has 0 fully saturated rings. The van der Waals surface area contributed by atoms with Crippen LogP contribution in [0.15, 0.2) is 53.5 Å². The van der Waals surface area contributed by atoms with E-state index in [9.17, 15) is 4.79 Å². The molecule has 2 aromatic rings. The Morgan fingerprint density at radius 2 is 1.78 bits per heavy atom. The zero-order chi connectivity index (χ0) is 12.5. The third-order valence-corrected chi connectivity index (χ3v) is 2.80. The Morgan fingerprint density at radius 3 is 2.56 bits per heavy atom. The summed E-state index contributed by atoms with van der Waals surface area (Å²) < 4.78 is 5.19. The van der Waals surface area contributed by atoms with Crippen LogP contribution in [0.1, 0.15) is 21.5 Å². The predicted molar refractivity (Wildman–Crippen MR) is 69.2 cm³/mol. The van der Waals surface area contributed by atoms with Gasteiger partial charge in [0.1, 0.15) is 0 Å². The Balaban J connectivity index is 2.07. The molecular weight excluding hydrogens is 226 g/mol. The van der Waals surface area contributed by atoms with E-state index in [-0.39, 0.29) is 5.97 Å². The molecule has 18 heavy (non-hydrogen) atoms. The molecule has 3 rings (SSSR count). The van der Waals surface area contributed by atoms with Crippen LogP contribution in [0, 0.1) is 6.92 Å². The quantitative estimate of drug-likeness (QED) is 0.714.